The molecule has 0 heterocycles. The quantitative estimate of drug-likeness (QED) is 0.484. The fourth-order valence-electron chi connectivity index (χ4n) is 1.33. The first-order valence-corrected chi connectivity index (χ1v) is 6.59. The number of hydrogen-bond donors (Lipinski definition) is 0. The Balaban J connectivity index is 3.79. The van der Waals surface area contributed by atoms with Crippen LogP contribution in [0.2, 0.25) is 0 Å². The van der Waals surface area contributed by atoms with E-state index in [0.717, 1.165) is 13.2 Å². The highest BCUT2D eigenvalue weighted by Crippen LogP contribution is 2.41. The Bertz CT molecular complexity index is 589. The molecule has 100 valence electrons. The second-order valence-corrected chi connectivity index (χ2v) is 5.53. The normalized spacial score (nSPS) is 11.6. The number of halogens is 3. The minimum atomic E-state index is -4.61. The van der Waals surface area contributed by atoms with Crippen molar-refractivity contribution in [2.24, 2.45) is 0 Å². The maximum Gasteiger partial charge on any atom is 0.312 e. The van der Waals surface area contributed by atoms with Gasteiger partial charge in [-0.15, -0.1) is 0 Å². The maximum absolute atomic E-state index is 12.7. The molecule has 0 spiro atoms. The molecule has 1 rings (SSSR count). The molecule has 6 nitrogen and oxygen atoms in total. The average Bonchev–Trinajstić information content (AvgIpc) is 2.25. The van der Waals surface area contributed by atoms with Crippen LogP contribution in [0.15, 0.2) is 17.0 Å². The van der Waals surface area contributed by atoms with E-state index in [1.54, 1.807) is 0 Å². The summed E-state index contributed by atoms with van der Waals surface area (Å²) in [5.41, 5.74) is -1.71. The van der Waals surface area contributed by atoms with Gasteiger partial charge in [0.25, 0.3) is 15.5 Å². The molecule has 0 aliphatic carbocycles. The van der Waals surface area contributed by atoms with E-state index in [9.17, 15) is 27.3 Å². The zero-order chi connectivity index (χ0) is 14.1. The third-order valence-electron chi connectivity index (χ3n) is 2.00. The smallest absolute Gasteiger partial charge is 0.312 e. The Hall–Kier alpha value is -1.48. The number of nitro groups is 1. The highest BCUT2D eigenvalue weighted by Gasteiger charge is 2.32. The average molecular weight is 302 g/mol. The van der Waals surface area contributed by atoms with E-state index in [1.807, 2.05) is 0 Å². The molecule has 1 aromatic carbocycles. The van der Waals surface area contributed by atoms with Gasteiger partial charge in [0.2, 0.25) is 5.75 Å². The van der Waals surface area contributed by atoms with Crippen molar-refractivity contribution in [1.29, 1.82) is 0 Å². The zero-order valence-electron chi connectivity index (χ0n) is 8.76. The first kappa shape index (κ1) is 14.6. The van der Waals surface area contributed by atoms with Crippen molar-refractivity contribution in [3.05, 3.63) is 27.8 Å². The molecule has 1 aromatic rings. The summed E-state index contributed by atoms with van der Waals surface area (Å²) in [6.45, 7) is 0. The van der Waals surface area contributed by atoms with Gasteiger partial charge < -0.3 is 4.74 Å². The molecule has 10 heteroatoms. The largest absolute Gasteiger partial charge is 0.489 e. The van der Waals surface area contributed by atoms with Crippen LogP contribution in [0.3, 0.4) is 0 Å². The molecule has 0 amide bonds. The van der Waals surface area contributed by atoms with Crippen molar-refractivity contribution < 1.29 is 26.9 Å². The van der Waals surface area contributed by atoms with Crippen LogP contribution in [0.5, 0.6) is 5.75 Å². The zero-order valence-corrected chi connectivity index (χ0v) is 10.3. The Morgan fingerprint density at radius 1 is 1.44 bits per heavy atom. The van der Waals surface area contributed by atoms with Gasteiger partial charge >= 0.3 is 5.69 Å². The fourth-order valence-corrected chi connectivity index (χ4v) is 2.66. The van der Waals surface area contributed by atoms with E-state index in [-0.39, 0.29) is 0 Å². The molecule has 0 aliphatic heterocycles. The van der Waals surface area contributed by atoms with E-state index in [4.69, 9.17) is 10.7 Å². The number of nitrogens with zero attached hydrogens (tertiary/aromatic N) is 1. The number of nitro benzene ring substituents is 1. The van der Waals surface area contributed by atoms with Crippen molar-refractivity contribution in [2.75, 3.05) is 7.11 Å². The second-order valence-electron chi connectivity index (χ2n) is 3.03. The lowest BCUT2D eigenvalue weighted by atomic mass is 10.2. The number of methoxy groups -OCH3 is 1. The highest BCUT2D eigenvalue weighted by molar-refractivity contribution is 8.13. The molecule has 0 fully saturated rings. The van der Waals surface area contributed by atoms with Crippen molar-refractivity contribution in [1.82, 2.24) is 0 Å². The number of rotatable bonds is 4. The molecule has 0 unspecified atom stereocenters. The van der Waals surface area contributed by atoms with Crippen LogP contribution >= 0.6 is 10.7 Å². The first-order valence-electron chi connectivity index (χ1n) is 4.28. The van der Waals surface area contributed by atoms with Gasteiger partial charge in [-0.05, 0) is 6.07 Å². The van der Waals surface area contributed by atoms with Crippen LogP contribution in [0.1, 0.15) is 12.0 Å². The van der Waals surface area contributed by atoms with Gasteiger partial charge in [-0.1, -0.05) is 0 Å². The summed E-state index contributed by atoms with van der Waals surface area (Å²) in [4.78, 5) is 8.60. The van der Waals surface area contributed by atoms with Gasteiger partial charge in [0, 0.05) is 22.3 Å². The molecule has 0 atom stereocenters. The monoisotopic (exact) mass is 301 g/mol. The lowest BCUT2D eigenvalue weighted by molar-refractivity contribution is -0.386. The molecule has 0 bridgehead atoms. The number of hydrogen-bond acceptors (Lipinski definition) is 5. The molecule has 0 saturated heterocycles. The summed E-state index contributed by atoms with van der Waals surface area (Å²) in [5.74, 6) is -0.812. The predicted molar refractivity (Wildman–Crippen MR) is 57.6 cm³/mol. The van der Waals surface area contributed by atoms with Crippen LogP contribution < -0.4 is 4.74 Å². The minimum absolute atomic E-state index is 0.626. The van der Waals surface area contributed by atoms with Crippen molar-refractivity contribution in [3.63, 3.8) is 0 Å². The second kappa shape index (κ2) is 5.02. The minimum Gasteiger partial charge on any atom is -0.489 e. The molecule has 0 radical (unpaired) electrons. The highest BCUT2D eigenvalue weighted by atomic mass is 35.7. The van der Waals surface area contributed by atoms with Crippen molar-refractivity contribution >= 4 is 25.4 Å². The number of alkyl halides is 2. The third kappa shape index (κ3) is 2.67. The third-order valence-corrected chi connectivity index (χ3v) is 3.37. The lowest BCUT2D eigenvalue weighted by Gasteiger charge is -2.10. The van der Waals surface area contributed by atoms with Crippen LogP contribution in [0, 0.1) is 10.1 Å². The van der Waals surface area contributed by atoms with Gasteiger partial charge in [0.1, 0.15) is 4.90 Å². The van der Waals surface area contributed by atoms with Crippen LogP contribution in [0.25, 0.3) is 0 Å². The Kier molecular flexibility index (Phi) is 4.07. The molecular formula is C8H6ClF2NO5S. The van der Waals surface area contributed by atoms with Crippen LogP contribution in [0.4, 0.5) is 14.5 Å². The Labute approximate surface area is 105 Å². The van der Waals surface area contributed by atoms with Crippen LogP contribution in [-0.4, -0.2) is 20.5 Å². The van der Waals surface area contributed by atoms with Crippen molar-refractivity contribution in [2.45, 2.75) is 11.3 Å². The topological polar surface area (TPSA) is 86.5 Å². The summed E-state index contributed by atoms with van der Waals surface area (Å²) in [7, 11) is 1.31. The summed E-state index contributed by atoms with van der Waals surface area (Å²) >= 11 is 0. The van der Waals surface area contributed by atoms with E-state index < -0.39 is 42.3 Å². The number of ether oxygens (including phenoxy) is 1. The summed E-state index contributed by atoms with van der Waals surface area (Å²) in [5, 5.41) is 10.6. The maximum atomic E-state index is 12.7. The Morgan fingerprint density at radius 3 is 2.33 bits per heavy atom. The molecule has 0 aromatic heterocycles. The van der Waals surface area contributed by atoms with Crippen LogP contribution in [-0.2, 0) is 9.05 Å². The van der Waals surface area contributed by atoms with Gasteiger partial charge in [-0.3, -0.25) is 10.1 Å². The number of benzene rings is 1. The van der Waals surface area contributed by atoms with E-state index in [1.165, 1.54) is 0 Å². The van der Waals surface area contributed by atoms with E-state index in [2.05, 4.69) is 4.74 Å². The summed E-state index contributed by atoms with van der Waals surface area (Å²) in [6, 6.07) is 1.35. The van der Waals surface area contributed by atoms with E-state index in [0.29, 0.717) is 6.07 Å². The molecule has 0 N–H and O–H groups in total. The van der Waals surface area contributed by atoms with Gasteiger partial charge in [-0.2, -0.15) is 0 Å². The summed E-state index contributed by atoms with van der Waals surface area (Å²) < 4.78 is 52.3. The predicted octanol–water partition coefficient (Wildman–Crippen LogP) is 2.47. The molecule has 0 saturated carbocycles. The standard InChI is InChI=1S/C8H6ClF2NO5S/c1-17-6-5(12(13)14)3-2-4(8(10)11)7(6)18(9,15)16/h2-3,8H,1H3. The molecule has 0 aliphatic rings. The van der Waals surface area contributed by atoms with Crippen molar-refractivity contribution in [3.8, 4) is 5.75 Å². The first-order chi connectivity index (χ1) is 8.20. The Morgan fingerprint density at radius 2 is 2.00 bits per heavy atom. The van der Waals surface area contributed by atoms with Gasteiger partial charge in [-0.25, -0.2) is 17.2 Å². The van der Waals surface area contributed by atoms with Gasteiger partial charge in [0.15, 0.2) is 0 Å². The lowest BCUT2D eigenvalue weighted by Crippen LogP contribution is -2.05. The SMILES string of the molecule is COc1c([N+](=O)[O-])ccc(C(F)F)c1S(=O)(=O)Cl. The summed E-state index contributed by atoms with van der Waals surface area (Å²) in [6.07, 6.45) is -3.16. The fraction of sp³-hybridized carbons (Fsp3) is 0.250. The van der Waals surface area contributed by atoms with Gasteiger partial charge in [0.05, 0.1) is 12.0 Å². The molecular weight excluding hydrogens is 296 g/mol. The van der Waals surface area contributed by atoms with E-state index >= 15 is 0 Å². The molecule has 18 heavy (non-hydrogen) atoms.